The Morgan fingerprint density at radius 1 is 1.60 bits per heavy atom. The lowest BCUT2D eigenvalue weighted by Crippen LogP contribution is -2.02. The van der Waals surface area contributed by atoms with Crippen molar-refractivity contribution in [3.05, 3.63) is 27.8 Å². The van der Waals surface area contributed by atoms with Gasteiger partial charge in [0.05, 0.1) is 22.7 Å². The fourth-order valence-electron chi connectivity index (χ4n) is 1.28. The SMILES string of the molecule is COC(=O)Cc1cc2cncc(Br)c2s1. The van der Waals surface area contributed by atoms with E-state index in [1.54, 1.807) is 23.7 Å². The molecule has 0 fully saturated rings. The number of halogens is 1. The minimum atomic E-state index is -0.217. The molecule has 0 aliphatic heterocycles. The molecule has 2 rings (SSSR count). The monoisotopic (exact) mass is 285 g/mol. The molecule has 15 heavy (non-hydrogen) atoms. The first-order valence-corrected chi connectivity index (χ1v) is 5.90. The Morgan fingerprint density at radius 2 is 2.40 bits per heavy atom. The van der Waals surface area contributed by atoms with Gasteiger partial charge in [-0.25, -0.2) is 0 Å². The fraction of sp³-hybridized carbons (Fsp3) is 0.200. The lowest BCUT2D eigenvalue weighted by atomic mass is 10.3. The fourth-order valence-corrected chi connectivity index (χ4v) is 2.89. The van der Waals surface area contributed by atoms with E-state index in [-0.39, 0.29) is 5.97 Å². The van der Waals surface area contributed by atoms with Gasteiger partial charge >= 0.3 is 5.97 Å². The van der Waals surface area contributed by atoms with Crippen molar-refractivity contribution in [2.24, 2.45) is 0 Å². The van der Waals surface area contributed by atoms with Crippen LogP contribution in [0.3, 0.4) is 0 Å². The van der Waals surface area contributed by atoms with E-state index in [4.69, 9.17) is 0 Å². The van der Waals surface area contributed by atoms with Crippen LogP contribution >= 0.6 is 27.3 Å². The lowest BCUT2D eigenvalue weighted by molar-refractivity contribution is -0.139. The number of hydrogen-bond donors (Lipinski definition) is 0. The third-order valence-corrected chi connectivity index (χ3v) is 4.02. The van der Waals surface area contributed by atoms with Crippen molar-refractivity contribution in [1.29, 1.82) is 0 Å². The highest BCUT2D eigenvalue weighted by Gasteiger charge is 2.08. The molecule has 0 saturated carbocycles. The van der Waals surface area contributed by atoms with Crippen molar-refractivity contribution in [1.82, 2.24) is 4.98 Å². The molecule has 0 bridgehead atoms. The topological polar surface area (TPSA) is 39.2 Å². The predicted octanol–water partition coefficient (Wildman–Crippen LogP) is 2.77. The highest BCUT2D eigenvalue weighted by Crippen LogP contribution is 2.31. The maximum atomic E-state index is 11.1. The van der Waals surface area contributed by atoms with E-state index in [9.17, 15) is 4.79 Å². The first-order chi connectivity index (χ1) is 7.20. The number of fused-ring (bicyclic) bond motifs is 1. The minimum Gasteiger partial charge on any atom is -0.469 e. The van der Waals surface area contributed by atoms with E-state index in [1.807, 2.05) is 6.07 Å². The van der Waals surface area contributed by atoms with Gasteiger partial charge in [0.25, 0.3) is 0 Å². The van der Waals surface area contributed by atoms with Crippen molar-refractivity contribution < 1.29 is 9.53 Å². The van der Waals surface area contributed by atoms with E-state index >= 15 is 0 Å². The summed E-state index contributed by atoms with van der Waals surface area (Å²) in [6, 6.07) is 1.97. The van der Waals surface area contributed by atoms with Gasteiger partial charge in [0, 0.05) is 22.7 Å². The van der Waals surface area contributed by atoms with Crippen LogP contribution in [0.15, 0.2) is 22.9 Å². The summed E-state index contributed by atoms with van der Waals surface area (Å²) in [7, 11) is 1.40. The second-order valence-corrected chi connectivity index (χ2v) is 5.00. The molecule has 2 heterocycles. The summed E-state index contributed by atoms with van der Waals surface area (Å²) in [4.78, 5) is 16.2. The summed E-state index contributed by atoms with van der Waals surface area (Å²) in [5.41, 5.74) is 0. The number of hydrogen-bond acceptors (Lipinski definition) is 4. The van der Waals surface area contributed by atoms with Crippen molar-refractivity contribution >= 4 is 43.3 Å². The zero-order valence-corrected chi connectivity index (χ0v) is 10.4. The number of ether oxygens (including phenoxy) is 1. The number of esters is 1. The van der Waals surface area contributed by atoms with Crippen LogP contribution in [0.5, 0.6) is 0 Å². The summed E-state index contributed by atoms with van der Waals surface area (Å²) >= 11 is 5.01. The van der Waals surface area contributed by atoms with Gasteiger partial charge in [0.15, 0.2) is 0 Å². The van der Waals surface area contributed by atoms with Crippen LogP contribution in [0.1, 0.15) is 4.88 Å². The molecule has 2 aromatic heterocycles. The summed E-state index contributed by atoms with van der Waals surface area (Å²) in [5.74, 6) is -0.217. The summed E-state index contributed by atoms with van der Waals surface area (Å²) in [6.07, 6.45) is 3.86. The normalized spacial score (nSPS) is 10.5. The minimum absolute atomic E-state index is 0.217. The Balaban J connectivity index is 2.39. The largest absolute Gasteiger partial charge is 0.469 e. The van der Waals surface area contributed by atoms with Gasteiger partial charge in [-0.1, -0.05) is 0 Å². The number of nitrogens with zero attached hydrogens (tertiary/aromatic N) is 1. The number of carbonyl (C=O) groups is 1. The van der Waals surface area contributed by atoms with E-state index in [0.29, 0.717) is 6.42 Å². The predicted molar refractivity (Wildman–Crippen MR) is 63.0 cm³/mol. The standard InChI is InChI=1S/C10H8BrNO2S/c1-14-9(13)3-7-2-6-4-12-5-8(11)10(6)15-7/h2,4-5H,3H2,1H3. The first-order valence-electron chi connectivity index (χ1n) is 4.29. The van der Waals surface area contributed by atoms with Crippen LogP contribution in [0, 0.1) is 0 Å². The smallest absolute Gasteiger partial charge is 0.310 e. The Morgan fingerprint density at radius 3 is 3.07 bits per heavy atom. The third-order valence-electron chi connectivity index (χ3n) is 1.98. The van der Waals surface area contributed by atoms with E-state index in [1.165, 1.54) is 7.11 Å². The molecule has 0 aromatic carbocycles. The van der Waals surface area contributed by atoms with Crippen LogP contribution in [0.2, 0.25) is 0 Å². The highest BCUT2D eigenvalue weighted by atomic mass is 79.9. The summed E-state index contributed by atoms with van der Waals surface area (Å²) in [5, 5.41) is 1.05. The van der Waals surface area contributed by atoms with E-state index < -0.39 is 0 Å². The van der Waals surface area contributed by atoms with Gasteiger partial charge in [-0.15, -0.1) is 11.3 Å². The Kier molecular flexibility index (Phi) is 3.02. The van der Waals surface area contributed by atoms with Crippen molar-refractivity contribution in [3.8, 4) is 0 Å². The number of pyridine rings is 1. The second-order valence-electron chi connectivity index (χ2n) is 3.01. The maximum Gasteiger partial charge on any atom is 0.310 e. The van der Waals surface area contributed by atoms with Crippen molar-refractivity contribution in [2.75, 3.05) is 7.11 Å². The number of carbonyl (C=O) groups excluding carboxylic acids is 1. The second kappa shape index (κ2) is 4.28. The highest BCUT2D eigenvalue weighted by molar-refractivity contribution is 9.10. The molecular weight excluding hydrogens is 278 g/mol. The average molecular weight is 286 g/mol. The number of methoxy groups -OCH3 is 1. The van der Waals surface area contributed by atoms with Gasteiger partial charge in [0.1, 0.15) is 0 Å². The van der Waals surface area contributed by atoms with E-state index in [2.05, 4.69) is 25.7 Å². The average Bonchev–Trinajstić information content (AvgIpc) is 2.62. The maximum absolute atomic E-state index is 11.1. The molecule has 3 nitrogen and oxygen atoms in total. The van der Waals surface area contributed by atoms with Gasteiger partial charge in [-0.3, -0.25) is 9.78 Å². The lowest BCUT2D eigenvalue weighted by Gasteiger charge is -1.93. The molecule has 0 saturated heterocycles. The van der Waals surface area contributed by atoms with Crippen molar-refractivity contribution in [3.63, 3.8) is 0 Å². The van der Waals surface area contributed by atoms with Gasteiger partial charge < -0.3 is 4.74 Å². The van der Waals surface area contributed by atoms with Crippen LogP contribution < -0.4 is 0 Å². The van der Waals surface area contributed by atoms with Gasteiger partial charge in [0.2, 0.25) is 0 Å². The molecule has 0 N–H and O–H groups in total. The van der Waals surface area contributed by atoms with Crippen LogP contribution in [-0.4, -0.2) is 18.1 Å². The zero-order chi connectivity index (χ0) is 10.8. The Labute approximate surface area is 99.2 Å². The Hall–Kier alpha value is -0.940. The molecule has 5 heteroatoms. The number of aromatic nitrogens is 1. The van der Waals surface area contributed by atoms with Gasteiger partial charge in [-0.2, -0.15) is 0 Å². The number of thiophene rings is 1. The molecule has 0 amide bonds. The molecule has 0 atom stereocenters. The zero-order valence-electron chi connectivity index (χ0n) is 7.99. The summed E-state index contributed by atoms with van der Waals surface area (Å²) < 4.78 is 6.69. The summed E-state index contributed by atoms with van der Waals surface area (Å²) in [6.45, 7) is 0. The molecule has 0 spiro atoms. The molecule has 0 unspecified atom stereocenters. The molecular formula is C10H8BrNO2S. The molecule has 0 radical (unpaired) electrons. The molecule has 78 valence electrons. The molecule has 0 aliphatic carbocycles. The van der Waals surface area contributed by atoms with Gasteiger partial charge in [-0.05, 0) is 22.0 Å². The van der Waals surface area contributed by atoms with E-state index in [0.717, 1.165) is 19.4 Å². The Bertz CT molecular complexity index is 509. The number of rotatable bonds is 2. The van der Waals surface area contributed by atoms with Crippen LogP contribution in [-0.2, 0) is 16.0 Å². The first kappa shape index (κ1) is 10.6. The van der Waals surface area contributed by atoms with Crippen LogP contribution in [0.25, 0.3) is 10.1 Å². The van der Waals surface area contributed by atoms with Crippen LogP contribution in [0.4, 0.5) is 0 Å². The third kappa shape index (κ3) is 2.18. The van der Waals surface area contributed by atoms with Crippen molar-refractivity contribution in [2.45, 2.75) is 6.42 Å². The molecule has 0 aliphatic rings. The molecule has 2 aromatic rings. The quantitative estimate of drug-likeness (QED) is 0.797.